The number of hydrogen-bond donors (Lipinski definition) is 0. The standard InChI is InChI=1S/C16H16BrClO2/c1-10-6-13(18)7-11(2)16(10)20-9-12-8-14(19-3)4-5-15(12)17/h4-8H,9H2,1-3H3. The molecule has 106 valence electrons. The molecule has 0 amide bonds. The molecule has 0 saturated carbocycles. The van der Waals surface area contributed by atoms with Gasteiger partial charge in [0.15, 0.2) is 0 Å². The number of rotatable bonds is 4. The highest BCUT2D eigenvalue weighted by molar-refractivity contribution is 9.10. The van der Waals surface area contributed by atoms with Gasteiger partial charge in [0.05, 0.1) is 7.11 Å². The quantitative estimate of drug-likeness (QED) is 0.740. The average Bonchev–Trinajstić information content (AvgIpc) is 2.39. The van der Waals surface area contributed by atoms with E-state index >= 15 is 0 Å². The van der Waals surface area contributed by atoms with Gasteiger partial charge in [0.1, 0.15) is 18.1 Å². The van der Waals surface area contributed by atoms with Crippen molar-refractivity contribution in [2.24, 2.45) is 0 Å². The number of hydrogen-bond acceptors (Lipinski definition) is 2. The molecule has 0 saturated heterocycles. The van der Waals surface area contributed by atoms with Crippen LogP contribution in [0.25, 0.3) is 0 Å². The minimum Gasteiger partial charge on any atom is -0.497 e. The summed E-state index contributed by atoms with van der Waals surface area (Å²) in [4.78, 5) is 0. The van der Waals surface area contributed by atoms with Crippen LogP contribution >= 0.6 is 27.5 Å². The zero-order valence-electron chi connectivity index (χ0n) is 11.7. The maximum Gasteiger partial charge on any atom is 0.125 e. The topological polar surface area (TPSA) is 18.5 Å². The minimum atomic E-state index is 0.473. The predicted octanol–water partition coefficient (Wildman–Crippen LogP) is 5.31. The lowest BCUT2D eigenvalue weighted by atomic mass is 10.1. The maximum absolute atomic E-state index is 6.02. The summed E-state index contributed by atoms with van der Waals surface area (Å²) >= 11 is 9.55. The molecule has 0 radical (unpaired) electrons. The molecular formula is C16H16BrClO2. The molecule has 0 N–H and O–H groups in total. The zero-order chi connectivity index (χ0) is 14.7. The van der Waals surface area contributed by atoms with Crippen molar-refractivity contribution in [1.82, 2.24) is 0 Å². The smallest absolute Gasteiger partial charge is 0.125 e. The van der Waals surface area contributed by atoms with Crippen LogP contribution < -0.4 is 9.47 Å². The molecule has 0 atom stereocenters. The van der Waals surface area contributed by atoms with Crippen LogP contribution in [0.3, 0.4) is 0 Å². The molecule has 0 aliphatic rings. The van der Waals surface area contributed by atoms with Crippen molar-refractivity contribution in [3.63, 3.8) is 0 Å². The first-order chi connectivity index (χ1) is 9.51. The fourth-order valence-corrected chi connectivity index (χ4v) is 2.75. The SMILES string of the molecule is COc1ccc(Br)c(COc2c(C)cc(Cl)cc2C)c1. The van der Waals surface area contributed by atoms with Gasteiger partial charge in [0, 0.05) is 15.1 Å². The van der Waals surface area contributed by atoms with Crippen molar-refractivity contribution in [2.75, 3.05) is 7.11 Å². The van der Waals surface area contributed by atoms with Gasteiger partial charge in [-0.15, -0.1) is 0 Å². The monoisotopic (exact) mass is 354 g/mol. The van der Waals surface area contributed by atoms with Crippen LogP contribution in [0, 0.1) is 13.8 Å². The highest BCUT2D eigenvalue weighted by Gasteiger charge is 2.08. The number of methoxy groups -OCH3 is 1. The Balaban J connectivity index is 2.21. The first-order valence-electron chi connectivity index (χ1n) is 6.23. The van der Waals surface area contributed by atoms with Crippen LogP contribution in [0.4, 0.5) is 0 Å². The fraction of sp³-hybridized carbons (Fsp3) is 0.250. The first kappa shape index (κ1) is 15.2. The summed E-state index contributed by atoms with van der Waals surface area (Å²) in [6.45, 7) is 4.46. The molecule has 0 spiro atoms. The van der Waals surface area contributed by atoms with Crippen LogP contribution in [0.1, 0.15) is 16.7 Å². The average molecular weight is 356 g/mol. The Morgan fingerprint density at radius 3 is 2.35 bits per heavy atom. The van der Waals surface area contributed by atoms with Crippen LogP contribution in [-0.2, 0) is 6.61 Å². The molecule has 0 bridgehead atoms. The molecule has 0 aromatic heterocycles. The number of halogens is 2. The summed E-state index contributed by atoms with van der Waals surface area (Å²) in [5.74, 6) is 1.69. The predicted molar refractivity (Wildman–Crippen MR) is 86.0 cm³/mol. The van der Waals surface area contributed by atoms with Gasteiger partial charge >= 0.3 is 0 Å². The second-order valence-corrected chi connectivity index (χ2v) is 5.91. The van der Waals surface area contributed by atoms with E-state index in [4.69, 9.17) is 21.1 Å². The van der Waals surface area contributed by atoms with E-state index in [1.54, 1.807) is 7.11 Å². The van der Waals surface area contributed by atoms with Gasteiger partial charge in [-0.05, 0) is 55.3 Å². The van der Waals surface area contributed by atoms with Gasteiger partial charge in [-0.2, -0.15) is 0 Å². The molecule has 20 heavy (non-hydrogen) atoms. The molecule has 2 aromatic rings. The third-order valence-electron chi connectivity index (χ3n) is 3.05. The Labute approximate surface area is 132 Å². The minimum absolute atomic E-state index is 0.473. The van der Waals surface area contributed by atoms with E-state index in [2.05, 4.69) is 15.9 Å². The van der Waals surface area contributed by atoms with E-state index in [0.29, 0.717) is 6.61 Å². The highest BCUT2D eigenvalue weighted by atomic mass is 79.9. The Morgan fingerprint density at radius 2 is 1.75 bits per heavy atom. The van der Waals surface area contributed by atoms with Gasteiger partial charge in [-0.25, -0.2) is 0 Å². The van der Waals surface area contributed by atoms with Gasteiger partial charge in [0.2, 0.25) is 0 Å². The van der Waals surface area contributed by atoms with Crippen molar-refractivity contribution in [3.8, 4) is 11.5 Å². The lowest BCUT2D eigenvalue weighted by Crippen LogP contribution is -2.00. The van der Waals surface area contributed by atoms with E-state index in [0.717, 1.165) is 37.7 Å². The molecule has 0 unspecified atom stereocenters. The molecule has 0 heterocycles. The van der Waals surface area contributed by atoms with Gasteiger partial charge in [0.25, 0.3) is 0 Å². The Hall–Kier alpha value is -1.19. The third kappa shape index (κ3) is 3.47. The summed E-state index contributed by atoms with van der Waals surface area (Å²) in [5, 5.41) is 0.731. The van der Waals surface area contributed by atoms with E-state index in [9.17, 15) is 0 Å². The molecule has 4 heteroatoms. The second-order valence-electron chi connectivity index (χ2n) is 4.61. The Morgan fingerprint density at radius 1 is 1.10 bits per heavy atom. The van der Waals surface area contributed by atoms with Crippen molar-refractivity contribution in [2.45, 2.75) is 20.5 Å². The summed E-state index contributed by atoms with van der Waals surface area (Å²) in [5.41, 5.74) is 3.11. The third-order valence-corrected chi connectivity index (χ3v) is 4.04. The van der Waals surface area contributed by atoms with Crippen molar-refractivity contribution in [3.05, 3.63) is 56.5 Å². The van der Waals surface area contributed by atoms with E-state index in [1.807, 2.05) is 44.2 Å². The van der Waals surface area contributed by atoms with Crippen LogP contribution in [0.5, 0.6) is 11.5 Å². The lowest BCUT2D eigenvalue weighted by Gasteiger charge is -2.14. The van der Waals surface area contributed by atoms with E-state index < -0.39 is 0 Å². The summed E-state index contributed by atoms with van der Waals surface area (Å²) in [6, 6.07) is 9.64. The van der Waals surface area contributed by atoms with Gasteiger partial charge < -0.3 is 9.47 Å². The Kier molecular flexibility index (Phi) is 4.95. The summed E-state index contributed by atoms with van der Waals surface area (Å²) < 4.78 is 12.2. The molecule has 0 aliphatic carbocycles. The molecular weight excluding hydrogens is 340 g/mol. The second kappa shape index (κ2) is 6.51. The number of ether oxygens (including phenoxy) is 2. The molecule has 2 nitrogen and oxygen atoms in total. The first-order valence-corrected chi connectivity index (χ1v) is 7.40. The van der Waals surface area contributed by atoms with Gasteiger partial charge in [-0.3, -0.25) is 0 Å². The number of benzene rings is 2. The van der Waals surface area contributed by atoms with Crippen LogP contribution in [-0.4, -0.2) is 7.11 Å². The Bertz CT molecular complexity index is 603. The molecule has 2 rings (SSSR count). The maximum atomic E-state index is 6.02. The van der Waals surface area contributed by atoms with Crippen LogP contribution in [0.15, 0.2) is 34.8 Å². The molecule has 0 fully saturated rings. The summed E-state index contributed by atoms with van der Waals surface area (Å²) in [7, 11) is 1.65. The molecule has 0 aliphatic heterocycles. The van der Waals surface area contributed by atoms with E-state index in [-0.39, 0.29) is 0 Å². The zero-order valence-corrected chi connectivity index (χ0v) is 14.0. The lowest BCUT2D eigenvalue weighted by molar-refractivity contribution is 0.300. The largest absolute Gasteiger partial charge is 0.497 e. The number of aryl methyl sites for hydroxylation is 2. The van der Waals surface area contributed by atoms with Crippen molar-refractivity contribution < 1.29 is 9.47 Å². The molecule has 2 aromatic carbocycles. The van der Waals surface area contributed by atoms with Crippen molar-refractivity contribution >= 4 is 27.5 Å². The summed E-state index contributed by atoms with van der Waals surface area (Å²) in [6.07, 6.45) is 0. The van der Waals surface area contributed by atoms with Crippen molar-refractivity contribution in [1.29, 1.82) is 0 Å². The highest BCUT2D eigenvalue weighted by Crippen LogP contribution is 2.29. The fourth-order valence-electron chi connectivity index (χ4n) is 2.06. The van der Waals surface area contributed by atoms with Gasteiger partial charge in [-0.1, -0.05) is 27.5 Å². The van der Waals surface area contributed by atoms with Crippen LogP contribution in [0.2, 0.25) is 5.02 Å². The van der Waals surface area contributed by atoms with E-state index in [1.165, 1.54) is 0 Å². The normalized spacial score (nSPS) is 10.4.